The molecule has 1 aromatic rings. The molecule has 0 saturated heterocycles. The zero-order chi connectivity index (χ0) is 11.8. The Balaban J connectivity index is 0.000000921. The van der Waals surface area contributed by atoms with Crippen molar-refractivity contribution in [3.63, 3.8) is 0 Å². The first-order valence-corrected chi connectivity index (χ1v) is 5.46. The van der Waals surface area contributed by atoms with Gasteiger partial charge in [0.1, 0.15) is 0 Å². The molecule has 0 bridgehead atoms. The zero-order valence-electron chi connectivity index (χ0n) is 10.4. The monoisotopic (exact) mass is 206 g/mol. The van der Waals surface area contributed by atoms with E-state index in [1.807, 2.05) is 26.0 Å². The molecule has 0 aliphatic heterocycles. The van der Waals surface area contributed by atoms with Crippen LogP contribution in [0.2, 0.25) is 0 Å². The SMILES string of the molecule is CC.CN=Cc1ccc(C(C)C)cc1N. The summed E-state index contributed by atoms with van der Waals surface area (Å²) in [4.78, 5) is 3.94. The lowest BCUT2D eigenvalue weighted by molar-refractivity contribution is 0.867. The topological polar surface area (TPSA) is 38.4 Å². The van der Waals surface area contributed by atoms with E-state index in [2.05, 4.69) is 24.9 Å². The molecule has 0 radical (unpaired) electrons. The second kappa shape index (κ2) is 7.04. The molecule has 0 fully saturated rings. The van der Waals surface area contributed by atoms with Crippen molar-refractivity contribution in [3.05, 3.63) is 29.3 Å². The number of aliphatic imine (C=N–C) groups is 1. The number of rotatable bonds is 2. The molecule has 0 spiro atoms. The third-order valence-corrected chi connectivity index (χ3v) is 2.05. The largest absolute Gasteiger partial charge is 0.398 e. The third kappa shape index (κ3) is 4.15. The maximum atomic E-state index is 5.85. The molecular formula is C13H22N2. The lowest BCUT2D eigenvalue weighted by Crippen LogP contribution is -1.96. The second-order valence-electron chi connectivity index (χ2n) is 3.43. The molecule has 0 atom stereocenters. The van der Waals surface area contributed by atoms with Crippen LogP contribution >= 0.6 is 0 Å². The lowest BCUT2D eigenvalue weighted by Gasteiger charge is -2.07. The molecule has 1 aromatic carbocycles. The van der Waals surface area contributed by atoms with Crippen molar-refractivity contribution in [1.29, 1.82) is 0 Å². The highest BCUT2D eigenvalue weighted by Crippen LogP contribution is 2.19. The molecular weight excluding hydrogens is 184 g/mol. The average Bonchev–Trinajstić information content (AvgIpc) is 2.24. The van der Waals surface area contributed by atoms with Crippen LogP contribution in [0.4, 0.5) is 5.69 Å². The molecule has 2 nitrogen and oxygen atoms in total. The second-order valence-corrected chi connectivity index (χ2v) is 3.43. The van der Waals surface area contributed by atoms with Crippen LogP contribution in [0.3, 0.4) is 0 Å². The summed E-state index contributed by atoms with van der Waals surface area (Å²) in [6.07, 6.45) is 1.78. The highest BCUT2D eigenvalue weighted by molar-refractivity contribution is 5.86. The van der Waals surface area contributed by atoms with Crippen LogP contribution in [0.5, 0.6) is 0 Å². The minimum atomic E-state index is 0.523. The molecule has 15 heavy (non-hydrogen) atoms. The van der Waals surface area contributed by atoms with Gasteiger partial charge in [-0.3, -0.25) is 4.99 Å². The number of hydrogen-bond acceptors (Lipinski definition) is 2. The number of benzene rings is 1. The van der Waals surface area contributed by atoms with Gasteiger partial charge in [-0.25, -0.2) is 0 Å². The maximum Gasteiger partial charge on any atom is 0.0405 e. The summed E-state index contributed by atoms with van der Waals surface area (Å²) in [5, 5.41) is 0. The van der Waals surface area contributed by atoms with E-state index in [1.165, 1.54) is 5.56 Å². The summed E-state index contributed by atoms with van der Waals surface area (Å²) in [6.45, 7) is 8.31. The number of nitrogen functional groups attached to an aromatic ring is 1. The zero-order valence-corrected chi connectivity index (χ0v) is 10.4. The molecule has 0 saturated carbocycles. The van der Waals surface area contributed by atoms with Gasteiger partial charge in [-0.05, 0) is 17.5 Å². The van der Waals surface area contributed by atoms with Crippen LogP contribution in [-0.4, -0.2) is 13.3 Å². The smallest absolute Gasteiger partial charge is 0.0405 e. The van der Waals surface area contributed by atoms with Crippen LogP contribution in [0.25, 0.3) is 0 Å². The van der Waals surface area contributed by atoms with E-state index in [0.29, 0.717) is 5.92 Å². The van der Waals surface area contributed by atoms with Crippen LogP contribution in [-0.2, 0) is 0 Å². The number of nitrogens with two attached hydrogens (primary N) is 1. The number of hydrogen-bond donors (Lipinski definition) is 1. The molecule has 0 aliphatic carbocycles. The van der Waals surface area contributed by atoms with Crippen molar-refractivity contribution < 1.29 is 0 Å². The van der Waals surface area contributed by atoms with Gasteiger partial charge in [0.15, 0.2) is 0 Å². The van der Waals surface area contributed by atoms with E-state index in [9.17, 15) is 0 Å². The molecule has 0 aliphatic rings. The maximum absolute atomic E-state index is 5.85. The molecule has 0 heterocycles. The summed E-state index contributed by atoms with van der Waals surface area (Å²) in [5.74, 6) is 0.523. The fourth-order valence-electron chi connectivity index (χ4n) is 1.21. The summed E-state index contributed by atoms with van der Waals surface area (Å²) in [5.41, 5.74) is 8.92. The Morgan fingerprint density at radius 2 is 1.87 bits per heavy atom. The Bertz CT molecular complexity index is 314. The highest BCUT2D eigenvalue weighted by atomic mass is 14.6. The van der Waals surface area contributed by atoms with Gasteiger partial charge in [0.25, 0.3) is 0 Å². The van der Waals surface area contributed by atoms with Crippen LogP contribution in [0.1, 0.15) is 44.7 Å². The number of nitrogens with zero attached hydrogens (tertiary/aromatic N) is 1. The van der Waals surface area contributed by atoms with Crippen molar-refractivity contribution in [2.75, 3.05) is 12.8 Å². The molecule has 0 unspecified atom stereocenters. The summed E-state index contributed by atoms with van der Waals surface area (Å²) in [6, 6.07) is 6.12. The average molecular weight is 206 g/mol. The first-order valence-electron chi connectivity index (χ1n) is 5.46. The standard InChI is InChI=1S/C11H16N2.C2H6/c1-8(2)9-4-5-10(7-13-3)11(12)6-9;1-2/h4-8H,12H2,1-3H3;1-2H3. The highest BCUT2D eigenvalue weighted by Gasteiger charge is 2.01. The Hall–Kier alpha value is -1.31. The molecule has 2 heteroatoms. The third-order valence-electron chi connectivity index (χ3n) is 2.05. The molecule has 1 rings (SSSR count). The minimum Gasteiger partial charge on any atom is -0.398 e. The molecule has 84 valence electrons. The summed E-state index contributed by atoms with van der Waals surface area (Å²) >= 11 is 0. The Morgan fingerprint density at radius 3 is 2.27 bits per heavy atom. The van der Waals surface area contributed by atoms with Crippen molar-refractivity contribution in [1.82, 2.24) is 0 Å². The van der Waals surface area contributed by atoms with Crippen molar-refractivity contribution in [2.45, 2.75) is 33.6 Å². The van der Waals surface area contributed by atoms with Crippen LogP contribution in [0.15, 0.2) is 23.2 Å². The van der Waals surface area contributed by atoms with Gasteiger partial charge in [0, 0.05) is 24.5 Å². The fraction of sp³-hybridized carbons (Fsp3) is 0.462. The van der Waals surface area contributed by atoms with Crippen molar-refractivity contribution in [3.8, 4) is 0 Å². The normalized spacial score (nSPS) is 10.3. The number of anilines is 1. The van der Waals surface area contributed by atoms with Crippen LogP contribution < -0.4 is 5.73 Å². The van der Waals surface area contributed by atoms with E-state index in [-0.39, 0.29) is 0 Å². The van der Waals surface area contributed by atoms with Gasteiger partial charge < -0.3 is 5.73 Å². The molecule has 0 amide bonds. The van der Waals surface area contributed by atoms with Gasteiger partial charge in [-0.1, -0.05) is 39.8 Å². The Kier molecular flexibility index (Phi) is 6.43. The summed E-state index contributed by atoms with van der Waals surface area (Å²) < 4.78 is 0. The first kappa shape index (κ1) is 13.7. The van der Waals surface area contributed by atoms with E-state index >= 15 is 0 Å². The van der Waals surface area contributed by atoms with Gasteiger partial charge in [-0.2, -0.15) is 0 Å². The fourth-order valence-corrected chi connectivity index (χ4v) is 1.21. The van der Waals surface area contributed by atoms with Gasteiger partial charge >= 0.3 is 0 Å². The Labute approximate surface area is 93.2 Å². The van der Waals surface area contributed by atoms with Gasteiger partial charge in [0.2, 0.25) is 0 Å². The molecule has 0 aromatic heterocycles. The van der Waals surface area contributed by atoms with Crippen molar-refractivity contribution >= 4 is 11.9 Å². The van der Waals surface area contributed by atoms with Crippen molar-refractivity contribution in [2.24, 2.45) is 4.99 Å². The van der Waals surface area contributed by atoms with Gasteiger partial charge in [0.05, 0.1) is 0 Å². The minimum absolute atomic E-state index is 0.523. The lowest BCUT2D eigenvalue weighted by atomic mass is 10.0. The van der Waals surface area contributed by atoms with E-state index in [0.717, 1.165) is 11.3 Å². The quantitative estimate of drug-likeness (QED) is 0.584. The Morgan fingerprint density at radius 1 is 1.27 bits per heavy atom. The molecule has 2 N–H and O–H groups in total. The first-order chi connectivity index (χ1) is 7.15. The van der Waals surface area contributed by atoms with E-state index in [4.69, 9.17) is 5.73 Å². The van der Waals surface area contributed by atoms with Crippen LogP contribution in [0, 0.1) is 0 Å². The van der Waals surface area contributed by atoms with E-state index in [1.54, 1.807) is 13.3 Å². The predicted octanol–water partition coefficient (Wildman–Crippen LogP) is 3.47. The predicted molar refractivity (Wildman–Crippen MR) is 69.8 cm³/mol. The van der Waals surface area contributed by atoms with E-state index < -0.39 is 0 Å². The summed E-state index contributed by atoms with van der Waals surface area (Å²) in [7, 11) is 1.75. The van der Waals surface area contributed by atoms with Gasteiger partial charge in [-0.15, -0.1) is 0 Å².